The van der Waals surface area contributed by atoms with E-state index in [-0.39, 0.29) is 46.8 Å². The zero-order valence-electron chi connectivity index (χ0n) is 21.5. The Labute approximate surface area is 219 Å². The van der Waals surface area contributed by atoms with Crippen molar-refractivity contribution < 1.29 is 14.0 Å². The first kappa shape index (κ1) is 24.1. The average molecular weight is 519 g/mol. The van der Waals surface area contributed by atoms with Gasteiger partial charge < -0.3 is 15.5 Å². The molecule has 0 bridgehead atoms. The highest BCUT2D eigenvalue weighted by Crippen LogP contribution is 2.44. The molecule has 6 rings (SSSR count). The van der Waals surface area contributed by atoms with Crippen LogP contribution in [0, 0.1) is 12.4 Å². The van der Waals surface area contributed by atoms with Crippen molar-refractivity contribution in [1.29, 1.82) is 0 Å². The van der Waals surface area contributed by atoms with Crippen molar-refractivity contribution in [3.8, 4) is 5.69 Å². The number of aryl methyl sites for hydroxylation is 1. The second kappa shape index (κ2) is 8.97. The highest BCUT2D eigenvalue weighted by molar-refractivity contribution is 5.80. The number of benzene rings is 1. The van der Waals surface area contributed by atoms with Crippen LogP contribution in [-0.4, -0.2) is 58.8 Å². The minimum Gasteiger partial charge on any atom is -0.376 e. The Kier molecular flexibility index (Phi) is 5.70. The molecule has 1 aliphatic carbocycles. The molecule has 12 nitrogen and oxygen atoms in total. The number of hydrogen-bond donors (Lipinski definition) is 2. The lowest BCUT2D eigenvalue weighted by Gasteiger charge is -2.47. The molecular formula is C25H29FN11O+. The van der Waals surface area contributed by atoms with Crippen LogP contribution in [0.2, 0.25) is 0 Å². The van der Waals surface area contributed by atoms with Gasteiger partial charge in [-0.1, -0.05) is 0 Å². The van der Waals surface area contributed by atoms with Crippen LogP contribution in [0.3, 0.4) is 0 Å². The Morgan fingerprint density at radius 3 is 2.79 bits per heavy atom. The first-order valence-corrected chi connectivity index (χ1v) is 12.8. The van der Waals surface area contributed by atoms with E-state index in [9.17, 15) is 4.79 Å². The van der Waals surface area contributed by atoms with Gasteiger partial charge in [0.2, 0.25) is 17.5 Å². The Morgan fingerprint density at radius 1 is 1.26 bits per heavy atom. The van der Waals surface area contributed by atoms with Gasteiger partial charge in [0.1, 0.15) is 23.9 Å². The van der Waals surface area contributed by atoms with Gasteiger partial charge in [-0.3, -0.25) is 4.79 Å². The molecule has 1 saturated carbocycles. The molecular weight excluding hydrogens is 489 g/mol. The average Bonchev–Trinajstić information content (AvgIpc) is 3.51. The topological polar surface area (TPSA) is 122 Å². The number of aromatic nitrogens is 7. The minimum absolute atomic E-state index is 0.0284. The third-order valence-electron chi connectivity index (χ3n) is 7.57. The van der Waals surface area contributed by atoms with Crippen molar-refractivity contribution in [1.82, 2.24) is 35.3 Å². The van der Waals surface area contributed by atoms with Crippen LogP contribution in [-0.2, 0) is 11.8 Å². The van der Waals surface area contributed by atoms with Crippen molar-refractivity contribution in [2.24, 2.45) is 7.05 Å². The Hall–Kier alpha value is -4.21. The van der Waals surface area contributed by atoms with Gasteiger partial charge in [-0.15, -0.1) is 0 Å². The highest BCUT2D eigenvalue weighted by Gasteiger charge is 2.46. The molecule has 4 heterocycles. The van der Waals surface area contributed by atoms with Crippen molar-refractivity contribution in [2.45, 2.75) is 75.9 Å². The second-order valence-corrected chi connectivity index (χ2v) is 10.9. The number of anilines is 3. The summed E-state index contributed by atoms with van der Waals surface area (Å²) in [5.74, 6) is 0.580. The fourth-order valence-electron chi connectivity index (χ4n) is 5.88. The number of hydrogen-bond acceptors (Lipinski definition) is 8. The standard InChI is InChI=1S/C25H29FN11O/c1-25(2)12-15(9-16-7-8-22(38)36(16)25)29-23-20(27-3)13-28-24(31-23)30-19-11-21(37-33-32-35(4)34-37)17(10-18(19)26)14-5-6-14/h10-11,13-16H,5-9,12H2,1-2,4H3,(H2,28,29,30,31)/q+1. The van der Waals surface area contributed by atoms with Crippen molar-refractivity contribution in [3.05, 3.63) is 41.1 Å². The summed E-state index contributed by atoms with van der Waals surface area (Å²) in [7, 11) is 1.67. The fraction of sp³-hybridized carbons (Fsp3) is 0.520. The van der Waals surface area contributed by atoms with Crippen molar-refractivity contribution in [3.63, 3.8) is 0 Å². The lowest BCUT2D eigenvalue weighted by atomic mass is 9.84. The maximum atomic E-state index is 15.2. The molecule has 1 amide bonds. The molecule has 38 heavy (non-hydrogen) atoms. The summed E-state index contributed by atoms with van der Waals surface area (Å²) in [6.07, 6.45) is 6.32. The molecule has 196 valence electrons. The molecule has 2 atom stereocenters. The smallest absolute Gasteiger partial charge is 0.246 e. The molecule has 1 aromatic carbocycles. The molecule has 2 saturated heterocycles. The number of carbonyl (C=O) groups excluding carboxylic acids is 1. The molecule has 3 fully saturated rings. The first-order valence-electron chi connectivity index (χ1n) is 12.8. The van der Waals surface area contributed by atoms with Gasteiger partial charge in [0.25, 0.3) is 0 Å². The molecule has 2 unspecified atom stereocenters. The number of piperidine rings is 1. The third kappa shape index (κ3) is 4.40. The van der Waals surface area contributed by atoms with Gasteiger partial charge in [0.15, 0.2) is 10.9 Å². The monoisotopic (exact) mass is 518 g/mol. The summed E-state index contributed by atoms with van der Waals surface area (Å²) in [5, 5.41) is 18.6. The van der Waals surface area contributed by atoms with E-state index in [2.05, 4.69) is 54.9 Å². The maximum absolute atomic E-state index is 15.2. The Bertz CT molecular complexity index is 1460. The van der Waals surface area contributed by atoms with Crippen LogP contribution >= 0.6 is 0 Å². The molecule has 13 heteroatoms. The van der Waals surface area contributed by atoms with Gasteiger partial charge >= 0.3 is 0 Å². The largest absolute Gasteiger partial charge is 0.376 e. The SMILES string of the molecule is [C-]#[N+]c1cnc(Nc2cc(-n3nn[n+](C)n3)c(C3CC3)cc2F)nc1NC1CC2CCC(=O)N2C(C)(C)C1. The van der Waals surface area contributed by atoms with Gasteiger partial charge in [-0.05, 0) is 62.7 Å². The quantitative estimate of drug-likeness (QED) is 0.377. The van der Waals surface area contributed by atoms with Crippen LogP contribution in [0.5, 0.6) is 0 Å². The van der Waals surface area contributed by atoms with E-state index >= 15 is 4.39 Å². The summed E-state index contributed by atoms with van der Waals surface area (Å²) in [6, 6.07) is 3.34. The van der Waals surface area contributed by atoms with E-state index in [1.54, 1.807) is 13.1 Å². The highest BCUT2D eigenvalue weighted by atomic mass is 19.1. The maximum Gasteiger partial charge on any atom is 0.246 e. The van der Waals surface area contributed by atoms with E-state index in [1.807, 2.05) is 4.90 Å². The van der Waals surface area contributed by atoms with Crippen LogP contribution < -0.4 is 15.4 Å². The van der Waals surface area contributed by atoms with Crippen LogP contribution in [0.1, 0.15) is 63.9 Å². The van der Waals surface area contributed by atoms with Gasteiger partial charge in [-0.2, -0.15) is 0 Å². The minimum atomic E-state index is -0.437. The summed E-state index contributed by atoms with van der Waals surface area (Å²) in [6.45, 7) is 11.7. The normalized spacial score (nSPS) is 22.2. The van der Waals surface area contributed by atoms with Crippen LogP contribution in [0.25, 0.3) is 10.5 Å². The number of nitrogens with one attached hydrogen (secondary N) is 2. The van der Waals surface area contributed by atoms with Crippen molar-refractivity contribution >= 4 is 29.0 Å². The number of fused-ring (bicyclic) bond motifs is 1. The molecule has 2 aliphatic heterocycles. The summed E-state index contributed by atoms with van der Waals surface area (Å²) >= 11 is 0. The zero-order chi connectivity index (χ0) is 26.6. The molecule has 2 aromatic heterocycles. The summed E-state index contributed by atoms with van der Waals surface area (Å²) in [4.78, 5) is 29.5. The molecule has 2 N–H and O–H groups in total. The molecule has 0 spiro atoms. The Balaban J connectivity index is 1.27. The predicted molar refractivity (Wildman–Crippen MR) is 134 cm³/mol. The second-order valence-electron chi connectivity index (χ2n) is 10.9. The number of amides is 1. The number of carbonyl (C=O) groups is 1. The van der Waals surface area contributed by atoms with E-state index in [1.165, 1.54) is 21.9 Å². The van der Waals surface area contributed by atoms with Crippen molar-refractivity contribution in [2.75, 3.05) is 10.6 Å². The third-order valence-corrected chi connectivity index (χ3v) is 7.57. The van der Waals surface area contributed by atoms with Gasteiger partial charge in [0, 0.05) is 46.7 Å². The molecule has 3 aliphatic rings. The van der Waals surface area contributed by atoms with Crippen LogP contribution in [0.4, 0.5) is 27.5 Å². The predicted octanol–water partition coefficient (Wildman–Crippen LogP) is 2.93. The molecule has 0 radical (unpaired) electrons. The lowest BCUT2D eigenvalue weighted by Crippen LogP contribution is -2.57. The van der Waals surface area contributed by atoms with E-state index in [4.69, 9.17) is 6.57 Å². The Morgan fingerprint density at radius 2 is 2.08 bits per heavy atom. The number of rotatable bonds is 6. The van der Waals surface area contributed by atoms with E-state index < -0.39 is 5.82 Å². The number of nitrogens with zero attached hydrogens (tertiary/aromatic N) is 9. The van der Waals surface area contributed by atoms with Crippen LogP contribution in [0.15, 0.2) is 18.3 Å². The number of halogens is 1. The van der Waals surface area contributed by atoms with E-state index in [0.717, 1.165) is 37.7 Å². The first-order chi connectivity index (χ1) is 18.2. The summed E-state index contributed by atoms with van der Waals surface area (Å²) in [5.41, 5.74) is 1.63. The lowest BCUT2D eigenvalue weighted by molar-refractivity contribution is -0.787. The zero-order valence-corrected chi connectivity index (χ0v) is 21.5. The van der Waals surface area contributed by atoms with Gasteiger partial charge in [-0.25, -0.2) is 19.2 Å². The van der Waals surface area contributed by atoms with E-state index in [0.29, 0.717) is 17.9 Å². The summed E-state index contributed by atoms with van der Waals surface area (Å²) < 4.78 is 15.2. The van der Waals surface area contributed by atoms with Gasteiger partial charge in [0.05, 0.1) is 17.5 Å². The fourth-order valence-corrected chi connectivity index (χ4v) is 5.88. The molecule has 3 aromatic rings.